The van der Waals surface area contributed by atoms with Crippen molar-refractivity contribution in [3.63, 3.8) is 0 Å². The van der Waals surface area contributed by atoms with E-state index in [2.05, 4.69) is 10.3 Å². The summed E-state index contributed by atoms with van der Waals surface area (Å²) in [5.41, 5.74) is 1.61. The Morgan fingerprint density at radius 3 is 2.57 bits per heavy atom. The maximum absolute atomic E-state index is 13.0. The Morgan fingerprint density at radius 1 is 1.26 bits per heavy atom. The summed E-state index contributed by atoms with van der Waals surface area (Å²) >= 11 is 0. The third-order valence-electron chi connectivity index (χ3n) is 3.60. The van der Waals surface area contributed by atoms with E-state index in [4.69, 9.17) is 0 Å². The molecule has 1 amide bonds. The summed E-state index contributed by atoms with van der Waals surface area (Å²) < 4.78 is 13.0. The van der Waals surface area contributed by atoms with Crippen LogP contribution in [0.1, 0.15) is 36.5 Å². The van der Waals surface area contributed by atoms with E-state index in [0.717, 1.165) is 12.8 Å². The zero-order valence-corrected chi connectivity index (χ0v) is 12.8. The third kappa shape index (κ3) is 4.18. The van der Waals surface area contributed by atoms with Crippen LogP contribution in [0.25, 0.3) is 11.1 Å². The summed E-state index contributed by atoms with van der Waals surface area (Å²) in [6.45, 7) is 1.96. The maximum atomic E-state index is 13.0. The average Bonchev–Trinajstić information content (AvgIpc) is 3.01. The molecule has 0 fully saturated rings. The predicted molar refractivity (Wildman–Crippen MR) is 84.6 cm³/mol. The highest BCUT2D eigenvalue weighted by Gasteiger charge is 2.22. The topological polar surface area (TPSA) is 82.2 Å². The molecule has 1 atom stereocenters. The van der Waals surface area contributed by atoms with E-state index in [0.29, 0.717) is 23.1 Å². The first-order valence-electron chi connectivity index (χ1n) is 7.49. The number of aliphatic carboxylic acids is 1. The van der Waals surface area contributed by atoms with Gasteiger partial charge in [0, 0.05) is 18.0 Å². The van der Waals surface area contributed by atoms with E-state index in [1.807, 2.05) is 6.92 Å². The van der Waals surface area contributed by atoms with Crippen LogP contribution in [0.2, 0.25) is 0 Å². The molecule has 3 N–H and O–H groups in total. The van der Waals surface area contributed by atoms with Gasteiger partial charge < -0.3 is 15.4 Å². The normalized spacial score (nSPS) is 11.9. The second-order valence-electron chi connectivity index (χ2n) is 5.30. The molecule has 122 valence electrons. The van der Waals surface area contributed by atoms with Crippen LogP contribution >= 0.6 is 0 Å². The highest BCUT2D eigenvalue weighted by atomic mass is 19.1. The van der Waals surface area contributed by atoms with Crippen LogP contribution in [-0.4, -0.2) is 28.0 Å². The van der Waals surface area contributed by atoms with Crippen molar-refractivity contribution in [3.05, 3.63) is 48.0 Å². The minimum Gasteiger partial charge on any atom is -0.480 e. The van der Waals surface area contributed by atoms with Crippen molar-refractivity contribution in [2.24, 2.45) is 0 Å². The third-order valence-corrected chi connectivity index (χ3v) is 3.60. The Kier molecular flexibility index (Phi) is 5.51. The predicted octanol–water partition coefficient (Wildman–Crippen LogP) is 3.19. The van der Waals surface area contributed by atoms with E-state index >= 15 is 0 Å². The van der Waals surface area contributed by atoms with Crippen molar-refractivity contribution in [2.75, 3.05) is 0 Å². The van der Waals surface area contributed by atoms with Gasteiger partial charge in [-0.2, -0.15) is 0 Å². The molecular formula is C17H19FN2O3. The number of amides is 1. The van der Waals surface area contributed by atoms with E-state index in [-0.39, 0.29) is 5.82 Å². The number of carboxylic acid groups (broad SMARTS) is 1. The molecule has 1 aromatic carbocycles. The summed E-state index contributed by atoms with van der Waals surface area (Å²) in [5.74, 6) is -1.87. The molecule has 0 aliphatic carbocycles. The highest BCUT2D eigenvalue weighted by molar-refractivity contribution is 6.02. The lowest BCUT2D eigenvalue weighted by molar-refractivity contribution is -0.139. The minimum absolute atomic E-state index is 0.333. The number of carbonyl (C=O) groups is 2. The lowest BCUT2D eigenvalue weighted by atomic mass is 10.0. The van der Waals surface area contributed by atoms with Crippen LogP contribution in [0.4, 0.5) is 4.39 Å². The molecule has 0 saturated heterocycles. The van der Waals surface area contributed by atoms with Gasteiger partial charge in [-0.3, -0.25) is 4.79 Å². The number of aromatic amines is 1. The molecule has 2 aromatic rings. The van der Waals surface area contributed by atoms with Crippen molar-refractivity contribution in [1.82, 2.24) is 10.3 Å². The molecule has 23 heavy (non-hydrogen) atoms. The number of hydrogen-bond acceptors (Lipinski definition) is 2. The summed E-state index contributed by atoms with van der Waals surface area (Å²) in [7, 11) is 0. The standard InChI is InChI=1S/C17H19FN2O3/c1-2-3-4-15(17(22)23)20-16(21)14-10-19-9-13(14)11-5-7-12(18)8-6-11/h5-10,15,19H,2-4H2,1H3,(H,20,21)(H,22,23). The largest absolute Gasteiger partial charge is 0.480 e. The van der Waals surface area contributed by atoms with E-state index in [9.17, 15) is 19.1 Å². The fourth-order valence-corrected chi connectivity index (χ4v) is 2.32. The summed E-state index contributed by atoms with van der Waals surface area (Å²) in [6, 6.07) is 4.84. The molecule has 0 saturated carbocycles. The van der Waals surface area contributed by atoms with Gasteiger partial charge in [-0.1, -0.05) is 31.9 Å². The lowest BCUT2D eigenvalue weighted by Crippen LogP contribution is -2.40. The number of benzene rings is 1. The molecule has 0 aliphatic rings. The van der Waals surface area contributed by atoms with Gasteiger partial charge in [0.2, 0.25) is 0 Å². The first kappa shape index (κ1) is 16.7. The van der Waals surface area contributed by atoms with E-state index < -0.39 is 17.9 Å². The number of rotatable bonds is 7. The van der Waals surface area contributed by atoms with Crippen LogP contribution in [0.5, 0.6) is 0 Å². The molecule has 0 aliphatic heterocycles. The van der Waals surface area contributed by atoms with E-state index in [1.165, 1.54) is 18.3 Å². The average molecular weight is 318 g/mol. The molecule has 1 aromatic heterocycles. The Bertz CT molecular complexity index is 679. The number of carboxylic acids is 1. The molecule has 2 rings (SSSR count). The van der Waals surface area contributed by atoms with Crippen molar-refractivity contribution in [1.29, 1.82) is 0 Å². The van der Waals surface area contributed by atoms with Gasteiger partial charge in [0.05, 0.1) is 5.56 Å². The van der Waals surface area contributed by atoms with Crippen molar-refractivity contribution in [3.8, 4) is 11.1 Å². The number of aromatic nitrogens is 1. The lowest BCUT2D eigenvalue weighted by Gasteiger charge is -2.14. The molecule has 0 radical (unpaired) electrons. The van der Waals surface area contributed by atoms with Gasteiger partial charge in [-0.05, 0) is 24.1 Å². The number of unbranched alkanes of at least 4 members (excludes halogenated alkanes) is 1. The van der Waals surface area contributed by atoms with E-state index in [1.54, 1.807) is 18.3 Å². The van der Waals surface area contributed by atoms with Crippen LogP contribution in [0.15, 0.2) is 36.7 Å². The van der Waals surface area contributed by atoms with Crippen LogP contribution < -0.4 is 5.32 Å². The smallest absolute Gasteiger partial charge is 0.326 e. The second kappa shape index (κ2) is 7.58. The molecule has 1 unspecified atom stereocenters. The summed E-state index contributed by atoms with van der Waals surface area (Å²) in [5, 5.41) is 11.7. The second-order valence-corrected chi connectivity index (χ2v) is 5.30. The zero-order valence-electron chi connectivity index (χ0n) is 12.8. The van der Waals surface area contributed by atoms with Crippen LogP contribution in [0.3, 0.4) is 0 Å². The Hall–Kier alpha value is -2.63. The number of nitrogens with one attached hydrogen (secondary N) is 2. The van der Waals surface area contributed by atoms with Crippen LogP contribution in [-0.2, 0) is 4.79 Å². The van der Waals surface area contributed by atoms with Crippen molar-refractivity contribution >= 4 is 11.9 Å². The molecule has 6 heteroatoms. The number of halogens is 1. The molecule has 0 bridgehead atoms. The molecule has 5 nitrogen and oxygen atoms in total. The maximum Gasteiger partial charge on any atom is 0.326 e. The van der Waals surface area contributed by atoms with Gasteiger partial charge in [0.1, 0.15) is 11.9 Å². The van der Waals surface area contributed by atoms with Crippen molar-refractivity contribution in [2.45, 2.75) is 32.2 Å². The SMILES string of the molecule is CCCCC(NC(=O)c1c[nH]cc1-c1ccc(F)cc1)C(=O)O. The summed E-state index contributed by atoms with van der Waals surface area (Å²) in [4.78, 5) is 26.5. The monoisotopic (exact) mass is 318 g/mol. The Balaban J connectivity index is 2.18. The molecule has 1 heterocycles. The number of hydrogen-bond donors (Lipinski definition) is 3. The molecular weight excluding hydrogens is 299 g/mol. The van der Waals surface area contributed by atoms with Gasteiger partial charge in [0.25, 0.3) is 5.91 Å². The summed E-state index contributed by atoms with van der Waals surface area (Å²) in [6.07, 6.45) is 5.09. The van der Waals surface area contributed by atoms with Crippen LogP contribution in [0, 0.1) is 5.82 Å². The number of carbonyl (C=O) groups excluding carboxylic acids is 1. The van der Waals surface area contributed by atoms with Gasteiger partial charge in [-0.15, -0.1) is 0 Å². The first-order valence-corrected chi connectivity index (χ1v) is 7.49. The highest BCUT2D eigenvalue weighted by Crippen LogP contribution is 2.24. The van der Waals surface area contributed by atoms with Gasteiger partial charge >= 0.3 is 5.97 Å². The molecule has 0 spiro atoms. The van der Waals surface area contributed by atoms with Crippen molar-refractivity contribution < 1.29 is 19.1 Å². The fourth-order valence-electron chi connectivity index (χ4n) is 2.32. The zero-order chi connectivity index (χ0) is 16.8. The Morgan fingerprint density at radius 2 is 1.96 bits per heavy atom. The first-order chi connectivity index (χ1) is 11.0. The number of H-pyrrole nitrogens is 1. The minimum atomic E-state index is -1.05. The fraction of sp³-hybridized carbons (Fsp3) is 0.294. The Labute approximate surface area is 133 Å². The van der Waals surface area contributed by atoms with Gasteiger partial charge in [0.15, 0.2) is 0 Å². The quantitative estimate of drug-likeness (QED) is 0.733. The van der Waals surface area contributed by atoms with Gasteiger partial charge in [-0.25, -0.2) is 9.18 Å².